The first-order chi connectivity index (χ1) is 20.2. The van der Waals surface area contributed by atoms with Crippen LogP contribution in [0.2, 0.25) is 0 Å². The topological polar surface area (TPSA) is 58.6 Å². The van der Waals surface area contributed by atoms with Gasteiger partial charge in [0, 0.05) is 13.1 Å². The highest BCUT2D eigenvalue weighted by Crippen LogP contribution is 2.28. The molecule has 0 amide bonds. The summed E-state index contributed by atoms with van der Waals surface area (Å²) in [5.74, 6) is 2.66. The molecule has 8 heteroatoms. The quantitative estimate of drug-likeness (QED) is 0.182. The number of benzene rings is 2. The van der Waals surface area contributed by atoms with E-state index in [-0.39, 0.29) is 19.3 Å². The first-order valence-corrected chi connectivity index (χ1v) is 15.8. The molecule has 0 radical (unpaired) electrons. The van der Waals surface area contributed by atoms with Gasteiger partial charge >= 0.3 is 0 Å². The molecule has 1 heterocycles. The number of thiocarbonyl (C=S) groups is 1. The third-order valence-corrected chi connectivity index (χ3v) is 7.25. The van der Waals surface area contributed by atoms with Crippen LogP contribution in [0, 0.1) is 0 Å². The second kappa shape index (κ2) is 20.3. The van der Waals surface area contributed by atoms with Gasteiger partial charge in [-0.25, -0.2) is 0 Å². The summed E-state index contributed by atoms with van der Waals surface area (Å²) in [5, 5.41) is 0. The SMILES string of the molecule is CCCCCCN(CCCCCC)C(=S)COC1COc2ccccc2OCCOCCOc2ccccc2OC1. The molecular weight excluding hydrogens is 538 g/mol. The van der Waals surface area contributed by atoms with Crippen molar-refractivity contribution in [1.29, 1.82) is 0 Å². The molecule has 3 rings (SSSR count). The van der Waals surface area contributed by atoms with Crippen molar-refractivity contribution in [3.8, 4) is 23.0 Å². The lowest BCUT2D eigenvalue weighted by Crippen LogP contribution is -2.37. The van der Waals surface area contributed by atoms with Gasteiger partial charge in [-0.3, -0.25) is 0 Å². The summed E-state index contributed by atoms with van der Waals surface area (Å²) in [6, 6.07) is 15.3. The molecule has 0 saturated carbocycles. The minimum atomic E-state index is -0.354. The monoisotopic (exact) mass is 587 g/mol. The van der Waals surface area contributed by atoms with Crippen LogP contribution < -0.4 is 18.9 Å². The molecule has 0 fully saturated rings. The fourth-order valence-corrected chi connectivity index (χ4v) is 4.76. The highest BCUT2D eigenvalue weighted by molar-refractivity contribution is 7.80. The van der Waals surface area contributed by atoms with Gasteiger partial charge in [0.25, 0.3) is 0 Å². The summed E-state index contributed by atoms with van der Waals surface area (Å²) in [6.07, 6.45) is 9.36. The molecule has 1 aliphatic heterocycles. The zero-order chi connectivity index (χ0) is 29.0. The molecule has 0 saturated heterocycles. The molecule has 0 bridgehead atoms. The maximum absolute atomic E-state index is 6.38. The highest BCUT2D eigenvalue weighted by atomic mass is 32.1. The average Bonchev–Trinajstić information content (AvgIpc) is 2.99. The van der Waals surface area contributed by atoms with E-state index < -0.39 is 0 Å². The molecule has 41 heavy (non-hydrogen) atoms. The van der Waals surface area contributed by atoms with Crippen molar-refractivity contribution in [3.05, 3.63) is 48.5 Å². The summed E-state index contributed by atoms with van der Waals surface area (Å²) in [5.41, 5.74) is 0. The van der Waals surface area contributed by atoms with Gasteiger partial charge in [-0.1, -0.05) is 88.9 Å². The second-order valence-electron chi connectivity index (χ2n) is 10.3. The lowest BCUT2D eigenvalue weighted by atomic mass is 10.1. The third kappa shape index (κ3) is 12.9. The van der Waals surface area contributed by atoms with E-state index in [2.05, 4.69) is 18.7 Å². The van der Waals surface area contributed by atoms with Crippen LogP contribution in [0.1, 0.15) is 65.2 Å². The molecule has 0 aromatic heterocycles. The molecule has 0 N–H and O–H groups in total. The number of fused-ring (bicyclic) bond motifs is 2. The third-order valence-electron chi connectivity index (χ3n) is 6.88. The van der Waals surface area contributed by atoms with Crippen molar-refractivity contribution in [2.45, 2.75) is 71.3 Å². The van der Waals surface area contributed by atoms with Gasteiger partial charge in [-0.05, 0) is 37.1 Å². The van der Waals surface area contributed by atoms with Crippen molar-refractivity contribution in [1.82, 2.24) is 4.90 Å². The molecule has 0 atom stereocenters. The van der Waals surface area contributed by atoms with E-state index in [1.54, 1.807) is 0 Å². The molecule has 0 aliphatic carbocycles. The largest absolute Gasteiger partial charge is 0.487 e. The van der Waals surface area contributed by atoms with Gasteiger partial charge < -0.3 is 33.3 Å². The normalized spacial score (nSPS) is 14.9. The van der Waals surface area contributed by atoms with Crippen LogP contribution in [-0.2, 0) is 9.47 Å². The Morgan fingerprint density at radius 2 is 1.15 bits per heavy atom. The Hall–Kier alpha value is -2.55. The molecule has 7 nitrogen and oxygen atoms in total. The van der Waals surface area contributed by atoms with Crippen molar-refractivity contribution in [2.75, 3.05) is 59.3 Å². The van der Waals surface area contributed by atoms with Crippen LogP contribution in [-0.4, -0.2) is 75.3 Å². The van der Waals surface area contributed by atoms with Crippen LogP contribution in [0.4, 0.5) is 0 Å². The lowest BCUT2D eigenvalue weighted by molar-refractivity contribution is 0.00626. The summed E-state index contributed by atoms with van der Waals surface area (Å²) in [7, 11) is 0. The van der Waals surface area contributed by atoms with Crippen LogP contribution in [0.15, 0.2) is 48.5 Å². The first-order valence-electron chi connectivity index (χ1n) is 15.4. The smallest absolute Gasteiger partial charge is 0.161 e. The number of nitrogens with zero attached hydrogens (tertiary/aromatic N) is 1. The van der Waals surface area contributed by atoms with Gasteiger partial charge in [0.05, 0.1) is 19.8 Å². The summed E-state index contributed by atoms with van der Waals surface area (Å²) < 4.78 is 36.3. The van der Waals surface area contributed by atoms with Crippen molar-refractivity contribution in [3.63, 3.8) is 0 Å². The Morgan fingerprint density at radius 1 is 0.683 bits per heavy atom. The van der Waals surface area contributed by atoms with Gasteiger partial charge in [0.2, 0.25) is 0 Å². The van der Waals surface area contributed by atoms with Gasteiger partial charge in [0.15, 0.2) is 23.0 Å². The molecule has 0 unspecified atom stereocenters. The molecule has 2 aromatic rings. The predicted molar refractivity (Wildman–Crippen MR) is 168 cm³/mol. The van der Waals surface area contributed by atoms with E-state index in [1.165, 1.54) is 38.5 Å². The Labute approximate surface area is 252 Å². The van der Waals surface area contributed by atoms with Gasteiger partial charge in [0.1, 0.15) is 37.5 Å². The Kier molecular flexibility index (Phi) is 16.4. The van der Waals surface area contributed by atoms with E-state index in [4.69, 9.17) is 40.6 Å². The molecule has 0 spiro atoms. The number of hydrogen-bond acceptors (Lipinski definition) is 7. The summed E-state index contributed by atoms with van der Waals surface area (Å²) in [6.45, 7) is 9.09. The zero-order valence-corrected chi connectivity index (χ0v) is 25.8. The van der Waals surface area contributed by atoms with Crippen LogP contribution in [0.25, 0.3) is 0 Å². The van der Waals surface area contributed by atoms with E-state index in [9.17, 15) is 0 Å². The highest BCUT2D eigenvalue weighted by Gasteiger charge is 2.18. The minimum absolute atomic E-state index is 0.287. The van der Waals surface area contributed by atoms with E-state index in [1.807, 2.05) is 48.5 Å². The van der Waals surface area contributed by atoms with Crippen molar-refractivity contribution < 1.29 is 28.4 Å². The summed E-state index contributed by atoms with van der Waals surface area (Å²) in [4.78, 5) is 3.18. The lowest BCUT2D eigenvalue weighted by Gasteiger charge is -2.27. The summed E-state index contributed by atoms with van der Waals surface area (Å²) >= 11 is 5.90. The molecule has 228 valence electrons. The Morgan fingerprint density at radius 3 is 1.61 bits per heavy atom. The van der Waals surface area contributed by atoms with Gasteiger partial charge in [-0.2, -0.15) is 0 Å². The number of ether oxygens (including phenoxy) is 6. The predicted octanol–water partition coefficient (Wildman–Crippen LogP) is 7.11. The number of para-hydroxylation sites is 4. The molecule has 2 aromatic carbocycles. The zero-order valence-electron chi connectivity index (χ0n) is 25.0. The minimum Gasteiger partial charge on any atom is -0.487 e. The van der Waals surface area contributed by atoms with E-state index in [0.717, 1.165) is 30.9 Å². The average molecular weight is 588 g/mol. The van der Waals surface area contributed by atoms with E-state index in [0.29, 0.717) is 56.0 Å². The first kappa shape index (κ1) is 33.0. The Balaban J connectivity index is 1.67. The van der Waals surface area contributed by atoms with Crippen molar-refractivity contribution >= 4 is 17.2 Å². The number of rotatable bonds is 13. The second-order valence-corrected chi connectivity index (χ2v) is 10.7. The van der Waals surface area contributed by atoms with Crippen LogP contribution in [0.3, 0.4) is 0 Å². The maximum atomic E-state index is 6.38. The standard InChI is InChI=1S/C33H49NO6S/c1-3-5-7-13-19-34(20-14-8-6-4-2)33(41)27-38-28-25-39-31-17-11-9-15-29(31)36-23-21-35-22-24-37-30-16-10-12-18-32(30)40-26-28/h9-12,15-18,28H,3-8,13-14,19-27H2,1-2H3. The molecular formula is C33H49NO6S. The maximum Gasteiger partial charge on any atom is 0.161 e. The van der Waals surface area contributed by atoms with Crippen LogP contribution in [0.5, 0.6) is 23.0 Å². The Bertz CT molecular complexity index is 922. The molecule has 1 aliphatic rings. The fourth-order valence-electron chi connectivity index (χ4n) is 4.51. The van der Waals surface area contributed by atoms with Gasteiger partial charge in [-0.15, -0.1) is 0 Å². The number of hydrogen-bond donors (Lipinski definition) is 0. The van der Waals surface area contributed by atoms with Crippen molar-refractivity contribution in [2.24, 2.45) is 0 Å². The number of unbranched alkanes of at least 4 members (excludes halogenated alkanes) is 6. The van der Waals surface area contributed by atoms with Crippen LogP contribution >= 0.6 is 12.2 Å². The fraction of sp³-hybridized carbons (Fsp3) is 0.606. The van der Waals surface area contributed by atoms with E-state index >= 15 is 0 Å².